The van der Waals surface area contributed by atoms with E-state index >= 15 is 0 Å². The first-order valence-electron chi connectivity index (χ1n) is 13.4. The molecule has 1 aliphatic rings. The highest BCUT2D eigenvalue weighted by Crippen LogP contribution is 2.43. The van der Waals surface area contributed by atoms with Gasteiger partial charge in [-0.2, -0.15) is 4.98 Å². The summed E-state index contributed by atoms with van der Waals surface area (Å²) in [7, 11) is 3.37. The van der Waals surface area contributed by atoms with E-state index in [1.54, 1.807) is 28.5 Å². The van der Waals surface area contributed by atoms with E-state index in [-0.39, 0.29) is 35.8 Å². The molecular weight excluding hydrogens is 520 g/mol. The van der Waals surface area contributed by atoms with E-state index in [0.717, 1.165) is 16.8 Å². The van der Waals surface area contributed by atoms with Gasteiger partial charge in [0.15, 0.2) is 5.69 Å². The lowest BCUT2D eigenvalue weighted by molar-refractivity contribution is -0.120. The fourth-order valence-electron chi connectivity index (χ4n) is 5.49. The maximum absolute atomic E-state index is 14.0. The average Bonchev–Trinajstić information content (AvgIpc) is 3.00. The number of benzene rings is 3. The molecular formula is C32H32N4O5. The minimum absolute atomic E-state index is 0.00530. The zero-order valence-electron chi connectivity index (χ0n) is 23.4. The molecule has 3 aromatic carbocycles. The number of anilines is 2. The SMILES string of the molecule is COc1ccc(N(C)c2nc(=O)c(OC=O)c3n2[C@@H](C(c2ccccc2)c2ccccc2)CN(C(C)C)C3=O)cc1. The van der Waals surface area contributed by atoms with Crippen LogP contribution in [0.25, 0.3) is 0 Å². The van der Waals surface area contributed by atoms with Gasteiger partial charge in [0.1, 0.15) is 5.75 Å². The molecule has 0 fully saturated rings. The molecule has 0 radical (unpaired) electrons. The second kappa shape index (κ2) is 11.7. The van der Waals surface area contributed by atoms with Crippen molar-refractivity contribution in [3.63, 3.8) is 0 Å². The summed E-state index contributed by atoms with van der Waals surface area (Å²) in [6.45, 7) is 4.35. The van der Waals surface area contributed by atoms with Crippen molar-refractivity contribution in [2.75, 3.05) is 25.6 Å². The Balaban J connectivity index is 1.83. The van der Waals surface area contributed by atoms with Gasteiger partial charge in [-0.1, -0.05) is 60.7 Å². The van der Waals surface area contributed by atoms with Crippen LogP contribution in [0.4, 0.5) is 11.6 Å². The van der Waals surface area contributed by atoms with Crippen LogP contribution in [0.5, 0.6) is 11.5 Å². The molecule has 0 unspecified atom stereocenters. The van der Waals surface area contributed by atoms with E-state index in [2.05, 4.69) is 29.2 Å². The van der Waals surface area contributed by atoms with Crippen molar-refractivity contribution in [3.05, 3.63) is 112 Å². The van der Waals surface area contributed by atoms with E-state index in [1.807, 2.05) is 74.5 Å². The van der Waals surface area contributed by atoms with Crippen LogP contribution in [0.2, 0.25) is 0 Å². The third-order valence-corrected chi connectivity index (χ3v) is 7.50. The Morgan fingerprint density at radius 2 is 1.51 bits per heavy atom. The number of methoxy groups -OCH3 is 1. The molecule has 210 valence electrons. The number of amides is 1. The third-order valence-electron chi connectivity index (χ3n) is 7.50. The summed E-state index contributed by atoms with van der Waals surface area (Å²) in [6, 6.07) is 26.8. The molecule has 4 aromatic rings. The Morgan fingerprint density at radius 3 is 2.02 bits per heavy atom. The molecule has 0 spiro atoms. The van der Waals surface area contributed by atoms with Crippen molar-refractivity contribution in [2.24, 2.45) is 0 Å². The summed E-state index contributed by atoms with van der Waals surface area (Å²) < 4.78 is 12.3. The van der Waals surface area contributed by atoms with Crippen molar-refractivity contribution in [3.8, 4) is 11.5 Å². The standard InChI is InChI=1S/C32H32N4O5/c1-21(2)35-19-26(27(22-11-7-5-8-12-22)23-13-9-6-10-14-23)36-28(31(35)39)29(41-20-37)30(38)33-32(36)34(3)24-15-17-25(40-4)18-16-24/h5-18,20-21,26-27H,19H2,1-4H3/t26-/m1/s1. The predicted molar refractivity (Wildman–Crippen MR) is 156 cm³/mol. The normalized spacial score (nSPS) is 14.6. The van der Waals surface area contributed by atoms with E-state index in [9.17, 15) is 14.4 Å². The lowest BCUT2D eigenvalue weighted by Gasteiger charge is -2.43. The number of carbonyl (C=O) groups is 2. The van der Waals surface area contributed by atoms with Gasteiger partial charge in [-0.15, -0.1) is 0 Å². The number of nitrogens with zero attached hydrogens (tertiary/aromatic N) is 4. The quantitative estimate of drug-likeness (QED) is 0.276. The highest BCUT2D eigenvalue weighted by atomic mass is 16.5. The first kappa shape index (κ1) is 27.6. The first-order valence-corrected chi connectivity index (χ1v) is 13.4. The van der Waals surface area contributed by atoms with Crippen LogP contribution in [-0.2, 0) is 4.79 Å². The molecule has 9 nitrogen and oxygen atoms in total. The van der Waals surface area contributed by atoms with Crippen LogP contribution in [0, 0.1) is 0 Å². The molecule has 1 amide bonds. The van der Waals surface area contributed by atoms with Gasteiger partial charge in [0, 0.05) is 31.2 Å². The Hall–Kier alpha value is -4.92. The fourth-order valence-corrected chi connectivity index (χ4v) is 5.49. The Kier molecular flexibility index (Phi) is 7.87. The molecule has 41 heavy (non-hydrogen) atoms. The maximum Gasteiger partial charge on any atom is 0.318 e. The van der Waals surface area contributed by atoms with Gasteiger partial charge in [0.2, 0.25) is 11.7 Å². The second-order valence-corrected chi connectivity index (χ2v) is 10.2. The van der Waals surface area contributed by atoms with Gasteiger partial charge >= 0.3 is 5.56 Å². The average molecular weight is 553 g/mol. The summed E-state index contributed by atoms with van der Waals surface area (Å²) in [6.07, 6.45) is 0. The molecule has 2 heterocycles. The zero-order chi connectivity index (χ0) is 29.1. The predicted octanol–water partition coefficient (Wildman–Crippen LogP) is 4.79. The monoisotopic (exact) mass is 552 g/mol. The molecule has 9 heteroatoms. The third kappa shape index (κ3) is 5.18. The Morgan fingerprint density at radius 1 is 0.927 bits per heavy atom. The number of rotatable bonds is 9. The molecule has 5 rings (SSSR count). The van der Waals surface area contributed by atoms with E-state index in [4.69, 9.17) is 9.47 Å². The lowest BCUT2D eigenvalue weighted by atomic mass is 9.83. The number of hydrogen-bond donors (Lipinski definition) is 0. The minimum Gasteiger partial charge on any atom is -0.497 e. The van der Waals surface area contributed by atoms with Gasteiger partial charge in [0.05, 0.1) is 13.2 Å². The second-order valence-electron chi connectivity index (χ2n) is 10.2. The van der Waals surface area contributed by atoms with Crippen molar-refractivity contribution in [1.82, 2.24) is 14.5 Å². The van der Waals surface area contributed by atoms with E-state index in [0.29, 0.717) is 12.3 Å². The molecule has 0 saturated carbocycles. The van der Waals surface area contributed by atoms with Crippen molar-refractivity contribution >= 4 is 24.0 Å². The van der Waals surface area contributed by atoms with Crippen molar-refractivity contribution in [2.45, 2.75) is 31.8 Å². The first-order chi connectivity index (χ1) is 19.8. The smallest absolute Gasteiger partial charge is 0.318 e. The van der Waals surface area contributed by atoms with Crippen molar-refractivity contribution < 1.29 is 19.1 Å². The molecule has 0 N–H and O–H groups in total. The summed E-state index contributed by atoms with van der Waals surface area (Å²) in [5.41, 5.74) is 1.98. The number of hydrogen-bond acceptors (Lipinski definition) is 7. The van der Waals surface area contributed by atoms with Gasteiger partial charge in [0.25, 0.3) is 12.4 Å². The number of ether oxygens (including phenoxy) is 2. The molecule has 1 atom stereocenters. The van der Waals surface area contributed by atoms with Crippen molar-refractivity contribution in [1.29, 1.82) is 0 Å². The molecule has 0 saturated heterocycles. The Bertz CT molecular complexity index is 1550. The molecule has 0 aliphatic carbocycles. The number of carbonyl (C=O) groups excluding carboxylic acids is 2. The van der Waals surface area contributed by atoms with Gasteiger partial charge < -0.3 is 19.3 Å². The zero-order valence-corrected chi connectivity index (χ0v) is 23.4. The van der Waals surface area contributed by atoms with Gasteiger partial charge in [-0.25, -0.2) is 0 Å². The largest absolute Gasteiger partial charge is 0.497 e. The maximum atomic E-state index is 14.0. The number of aromatic nitrogens is 2. The molecule has 1 aromatic heterocycles. The van der Waals surface area contributed by atoms with Crippen LogP contribution in [0.1, 0.15) is 47.4 Å². The number of fused-ring (bicyclic) bond motifs is 1. The topological polar surface area (TPSA) is 94.0 Å². The summed E-state index contributed by atoms with van der Waals surface area (Å²) >= 11 is 0. The fraction of sp³-hybridized carbons (Fsp3) is 0.250. The van der Waals surface area contributed by atoms with Gasteiger partial charge in [-0.3, -0.25) is 19.0 Å². The van der Waals surface area contributed by atoms with Crippen LogP contribution >= 0.6 is 0 Å². The van der Waals surface area contributed by atoms with Crippen LogP contribution in [0.15, 0.2) is 89.7 Å². The van der Waals surface area contributed by atoms with E-state index < -0.39 is 17.5 Å². The van der Waals surface area contributed by atoms with Crippen LogP contribution in [-0.4, -0.2) is 53.6 Å². The summed E-state index contributed by atoms with van der Waals surface area (Å²) in [5.74, 6) is -0.0872. The summed E-state index contributed by atoms with van der Waals surface area (Å²) in [5, 5.41) is 0. The highest BCUT2D eigenvalue weighted by molar-refractivity contribution is 5.97. The molecule has 1 aliphatic heterocycles. The molecule has 0 bridgehead atoms. The van der Waals surface area contributed by atoms with Gasteiger partial charge in [-0.05, 0) is 49.2 Å². The van der Waals surface area contributed by atoms with Crippen LogP contribution in [0.3, 0.4) is 0 Å². The summed E-state index contributed by atoms with van der Waals surface area (Å²) in [4.78, 5) is 46.8. The Labute approximate surface area is 238 Å². The van der Waals surface area contributed by atoms with E-state index in [1.165, 1.54) is 0 Å². The van der Waals surface area contributed by atoms with Crippen LogP contribution < -0.4 is 19.9 Å². The minimum atomic E-state index is -0.799. The lowest BCUT2D eigenvalue weighted by Crippen LogP contribution is -2.50. The highest BCUT2D eigenvalue weighted by Gasteiger charge is 2.42.